The molecule has 15 heavy (non-hydrogen) atoms. The number of carbonyl (C=O) groups excluding carboxylic acids is 1. The number of ether oxygens (including phenoxy) is 1. The van der Waals surface area contributed by atoms with Gasteiger partial charge in [0.15, 0.2) is 0 Å². The fourth-order valence-corrected chi connectivity index (χ4v) is 1.99. The van der Waals surface area contributed by atoms with E-state index in [4.69, 9.17) is 10.5 Å². The number of nitrogens with two attached hydrogens (primary N) is 1. The van der Waals surface area contributed by atoms with Crippen LogP contribution in [0.15, 0.2) is 24.3 Å². The summed E-state index contributed by atoms with van der Waals surface area (Å²) in [6, 6.07) is 7.83. The molecule has 1 unspecified atom stereocenters. The number of hydrogen-bond acceptors (Lipinski definition) is 3. The van der Waals surface area contributed by atoms with E-state index >= 15 is 0 Å². The fourth-order valence-electron chi connectivity index (χ4n) is 1.99. The maximum atomic E-state index is 11.6. The average Bonchev–Trinajstić information content (AvgIpc) is 2.66. The van der Waals surface area contributed by atoms with E-state index in [9.17, 15) is 4.79 Å². The Morgan fingerprint density at radius 1 is 1.60 bits per heavy atom. The largest absolute Gasteiger partial charge is 0.452 e. The van der Waals surface area contributed by atoms with Gasteiger partial charge in [-0.1, -0.05) is 18.2 Å². The van der Waals surface area contributed by atoms with Crippen LogP contribution >= 0.6 is 0 Å². The maximum absolute atomic E-state index is 11.6. The smallest absolute Gasteiger partial charge is 0.414 e. The van der Waals surface area contributed by atoms with E-state index in [2.05, 4.69) is 0 Å². The van der Waals surface area contributed by atoms with Gasteiger partial charge in [0, 0.05) is 6.54 Å². The molecule has 1 aliphatic heterocycles. The van der Waals surface area contributed by atoms with Gasteiger partial charge in [-0.15, -0.1) is 0 Å². The van der Waals surface area contributed by atoms with Crippen molar-refractivity contribution in [2.75, 3.05) is 18.6 Å². The van der Waals surface area contributed by atoms with E-state index in [-0.39, 0.29) is 12.1 Å². The quantitative estimate of drug-likeness (QED) is 0.749. The first kappa shape index (κ1) is 9.98. The molecule has 0 saturated heterocycles. The number of fused-ring (bicyclic) bond motifs is 1. The first-order valence-electron chi connectivity index (χ1n) is 4.93. The molecule has 1 aliphatic rings. The van der Waals surface area contributed by atoms with Crippen LogP contribution in [0.4, 0.5) is 10.5 Å². The number of amides is 1. The van der Waals surface area contributed by atoms with Crippen molar-refractivity contribution < 1.29 is 9.53 Å². The minimum Gasteiger partial charge on any atom is -0.452 e. The van der Waals surface area contributed by atoms with E-state index in [1.54, 1.807) is 4.90 Å². The van der Waals surface area contributed by atoms with Crippen LogP contribution < -0.4 is 10.6 Å². The lowest BCUT2D eigenvalue weighted by molar-refractivity contribution is 0.177. The number of hydrogen-bond donors (Lipinski definition) is 1. The molecule has 1 amide bonds. The zero-order chi connectivity index (χ0) is 10.8. The molecule has 2 rings (SSSR count). The second-order valence-electron chi connectivity index (χ2n) is 3.56. The molecule has 0 bridgehead atoms. The van der Waals surface area contributed by atoms with Gasteiger partial charge in [-0.25, -0.2) is 4.79 Å². The Labute approximate surface area is 88.6 Å². The van der Waals surface area contributed by atoms with Gasteiger partial charge < -0.3 is 10.5 Å². The molecule has 0 radical (unpaired) electrons. The number of para-hydroxylation sites is 1. The molecule has 4 nitrogen and oxygen atoms in total. The van der Waals surface area contributed by atoms with Crippen LogP contribution in [0.2, 0.25) is 0 Å². The van der Waals surface area contributed by atoms with Gasteiger partial charge in [-0.05, 0) is 18.1 Å². The third kappa shape index (κ3) is 1.57. The van der Waals surface area contributed by atoms with E-state index < -0.39 is 0 Å². The van der Waals surface area contributed by atoms with Crippen molar-refractivity contribution in [3.63, 3.8) is 0 Å². The van der Waals surface area contributed by atoms with Crippen molar-refractivity contribution >= 4 is 11.8 Å². The Morgan fingerprint density at radius 2 is 2.33 bits per heavy atom. The normalized spacial score (nSPS) is 18.8. The van der Waals surface area contributed by atoms with Gasteiger partial charge in [-0.2, -0.15) is 0 Å². The molecule has 0 aliphatic carbocycles. The highest BCUT2D eigenvalue weighted by Gasteiger charge is 2.33. The lowest BCUT2D eigenvalue weighted by Crippen LogP contribution is -2.42. The summed E-state index contributed by atoms with van der Waals surface area (Å²) in [7, 11) is 1.39. The number of anilines is 1. The summed E-state index contributed by atoms with van der Waals surface area (Å²) in [6.07, 6.45) is 0.470. The standard InChI is InChI=1S/C11H14N2O2/c1-15-11(14)13-9(7-12)6-8-4-2-3-5-10(8)13/h2-5,9H,6-7,12H2,1H3. The van der Waals surface area contributed by atoms with Crippen molar-refractivity contribution in [3.05, 3.63) is 29.8 Å². The van der Waals surface area contributed by atoms with Crippen molar-refractivity contribution in [1.29, 1.82) is 0 Å². The van der Waals surface area contributed by atoms with Crippen molar-refractivity contribution in [3.8, 4) is 0 Å². The van der Waals surface area contributed by atoms with Crippen molar-refractivity contribution in [2.24, 2.45) is 5.73 Å². The third-order valence-corrected chi connectivity index (χ3v) is 2.72. The van der Waals surface area contributed by atoms with Crippen LogP contribution in [0.3, 0.4) is 0 Å². The minimum absolute atomic E-state index is 0.0230. The summed E-state index contributed by atoms with van der Waals surface area (Å²) in [6.45, 7) is 0.448. The van der Waals surface area contributed by atoms with Gasteiger partial charge in [0.1, 0.15) is 0 Å². The number of rotatable bonds is 1. The molecule has 0 saturated carbocycles. The highest BCUT2D eigenvalue weighted by Crippen LogP contribution is 2.31. The first-order chi connectivity index (χ1) is 7.27. The molecule has 2 N–H and O–H groups in total. The average molecular weight is 206 g/mol. The van der Waals surface area contributed by atoms with E-state index in [0.717, 1.165) is 17.7 Å². The van der Waals surface area contributed by atoms with Crippen molar-refractivity contribution in [1.82, 2.24) is 0 Å². The molecule has 4 heteroatoms. The summed E-state index contributed by atoms with van der Waals surface area (Å²) in [5.41, 5.74) is 7.71. The summed E-state index contributed by atoms with van der Waals surface area (Å²) >= 11 is 0. The number of methoxy groups -OCH3 is 1. The molecule has 1 heterocycles. The summed E-state index contributed by atoms with van der Waals surface area (Å²) in [4.78, 5) is 13.2. The topological polar surface area (TPSA) is 55.6 Å². The Kier molecular flexibility index (Phi) is 2.60. The lowest BCUT2D eigenvalue weighted by Gasteiger charge is -2.22. The summed E-state index contributed by atoms with van der Waals surface area (Å²) in [5, 5.41) is 0. The van der Waals surface area contributed by atoms with E-state index in [1.807, 2.05) is 24.3 Å². The van der Waals surface area contributed by atoms with Gasteiger partial charge in [0.25, 0.3) is 0 Å². The fraction of sp³-hybridized carbons (Fsp3) is 0.364. The Bertz CT molecular complexity index is 379. The predicted molar refractivity (Wildman–Crippen MR) is 57.9 cm³/mol. The molecular weight excluding hydrogens is 192 g/mol. The first-order valence-corrected chi connectivity index (χ1v) is 4.93. The van der Waals surface area contributed by atoms with Gasteiger partial charge in [0.05, 0.1) is 18.8 Å². The summed E-state index contributed by atoms with van der Waals surface area (Å²) < 4.78 is 4.75. The van der Waals surface area contributed by atoms with Crippen LogP contribution in [0.1, 0.15) is 5.56 Å². The van der Waals surface area contributed by atoms with Crippen LogP contribution in [0.5, 0.6) is 0 Å². The van der Waals surface area contributed by atoms with Crippen LogP contribution in [-0.4, -0.2) is 25.8 Å². The Balaban J connectivity index is 2.38. The molecule has 0 spiro atoms. The summed E-state index contributed by atoms with van der Waals surface area (Å²) in [5.74, 6) is 0. The molecule has 80 valence electrons. The van der Waals surface area contributed by atoms with Crippen molar-refractivity contribution in [2.45, 2.75) is 12.5 Å². The maximum Gasteiger partial charge on any atom is 0.414 e. The number of carbonyl (C=O) groups is 1. The predicted octanol–water partition coefficient (Wildman–Crippen LogP) is 1.14. The Hall–Kier alpha value is -1.55. The lowest BCUT2D eigenvalue weighted by atomic mass is 10.1. The molecule has 1 aromatic carbocycles. The second kappa shape index (κ2) is 3.90. The molecule has 0 fully saturated rings. The molecule has 1 atom stereocenters. The monoisotopic (exact) mass is 206 g/mol. The zero-order valence-electron chi connectivity index (χ0n) is 8.64. The molecule has 1 aromatic rings. The van der Waals surface area contributed by atoms with Crippen LogP contribution in [-0.2, 0) is 11.2 Å². The number of benzene rings is 1. The second-order valence-corrected chi connectivity index (χ2v) is 3.56. The molecular formula is C11H14N2O2. The third-order valence-electron chi connectivity index (χ3n) is 2.72. The highest BCUT2D eigenvalue weighted by molar-refractivity contribution is 5.91. The van der Waals surface area contributed by atoms with Crippen LogP contribution in [0.25, 0.3) is 0 Å². The Morgan fingerprint density at radius 3 is 3.00 bits per heavy atom. The number of nitrogens with zero attached hydrogens (tertiary/aromatic N) is 1. The van der Waals surface area contributed by atoms with Crippen LogP contribution in [0, 0.1) is 0 Å². The minimum atomic E-state index is -0.338. The van der Waals surface area contributed by atoms with Gasteiger partial charge in [-0.3, -0.25) is 4.90 Å². The highest BCUT2D eigenvalue weighted by atomic mass is 16.5. The zero-order valence-corrected chi connectivity index (χ0v) is 8.64. The molecule has 0 aromatic heterocycles. The van der Waals surface area contributed by atoms with E-state index in [0.29, 0.717) is 6.54 Å². The van der Waals surface area contributed by atoms with Gasteiger partial charge >= 0.3 is 6.09 Å². The van der Waals surface area contributed by atoms with E-state index in [1.165, 1.54) is 7.11 Å². The van der Waals surface area contributed by atoms with Gasteiger partial charge in [0.2, 0.25) is 0 Å². The SMILES string of the molecule is COC(=O)N1c2ccccc2CC1CN.